The molecular formula is C43H46N4O4S. The van der Waals surface area contributed by atoms with E-state index in [9.17, 15) is 13.2 Å². The molecule has 9 heteroatoms. The Morgan fingerprint density at radius 1 is 0.731 bits per heavy atom. The van der Waals surface area contributed by atoms with Crippen molar-refractivity contribution in [1.29, 1.82) is 0 Å². The summed E-state index contributed by atoms with van der Waals surface area (Å²) in [5.74, 6) is 1.38. The van der Waals surface area contributed by atoms with Crippen molar-refractivity contribution >= 4 is 9.84 Å². The van der Waals surface area contributed by atoms with Crippen LogP contribution < -0.4 is 10.4 Å². The summed E-state index contributed by atoms with van der Waals surface area (Å²) in [6, 6.07) is 36.7. The molecule has 6 rings (SSSR count). The number of hydrogen-bond acceptors (Lipinski definition) is 6. The molecule has 0 aliphatic heterocycles. The Bertz CT molecular complexity index is 2280. The van der Waals surface area contributed by atoms with Crippen molar-refractivity contribution in [2.75, 3.05) is 7.11 Å². The zero-order valence-corrected chi connectivity index (χ0v) is 31.4. The summed E-state index contributed by atoms with van der Waals surface area (Å²) in [7, 11) is -1.98. The molecule has 0 fully saturated rings. The van der Waals surface area contributed by atoms with Crippen molar-refractivity contribution in [3.8, 4) is 28.1 Å². The van der Waals surface area contributed by atoms with Gasteiger partial charge in [0.15, 0.2) is 9.84 Å². The Morgan fingerprint density at radius 2 is 1.35 bits per heavy atom. The third kappa shape index (κ3) is 8.60. The van der Waals surface area contributed by atoms with Gasteiger partial charge >= 0.3 is 5.69 Å². The standard InChI is InChI=1S/C43H46N4O4S/c1-6-46-41(45-47(42(46)48)29-32-15-23-36(24-16-32)43(2,3)4)12-7-9-31-13-17-35(18-14-31)40-11-8-10-37(44-40)30-52(49,50)39-27-21-34(22-28-39)33-19-25-38(51-5)26-20-33/h8,10-11,13-28H,6-7,9,12,29-30H2,1-5H3. The first kappa shape index (κ1) is 36.5. The minimum absolute atomic E-state index is 0.0769. The molecule has 0 N–H and O–H groups in total. The van der Waals surface area contributed by atoms with Crippen LogP contribution in [0.1, 0.15) is 62.3 Å². The molecule has 0 radical (unpaired) electrons. The van der Waals surface area contributed by atoms with Gasteiger partial charge in [0.1, 0.15) is 11.6 Å². The van der Waals surface area contributed by atoms with E-state index < -0.39 is 9.84 Å². The van der Waals surface area contributed by atoms with Gasteiger partial charge in [-0.05, 0) is 89.4 Å². The lowest BCUT2D eigenvalue weighted by Crippen LogP contribution is -2.25. The van der Waals surface area contributed by atoms with E-state index in [4.69, 9.17) is 14.8 Å². The van der Waals surface area contributed by atoms with Gasteiger partial charge in [-0.2, -0.15) is 5.10 Å². The van der Waals surface area contributed by atoms with Crippen LogP contribution in [0.4, 0.5) is 0 Å². The molecule has 2 aromatic heterocycles. The molecule has 0 unspecified atom stereocenters. The monoisotopic (exact) mass is 714 g/mol. The number of ether oxygens (including phenoxy) is 1. The number of aromatic nitrogens is 4. The number of methoxy groups -OCH3 is 1. The van der Waals surface area contributed by atoms with Crippen LogP contribution in [0, 0.1) is 0 Å². The molecule has 0 atom stereocenters. The molecule has 0 spiro atoms. The van der Waals surface area contributed by atoms with Crippen LogP contribution in [0.3, 0.4) is 0 Å². The lowest BCUT2D eigenvalue weighted by atomic mass is 9.87. The summed E-state index contributed by atoms with van der Waals surface area (Å²) in [6.07, 6.45) is 2.38. The number of aryl methyl sites for hydroxylation is 2. The quantitative estimate of drug-likeness (QED) is 0.120. The molecule has 0 aliphatic carbocycles. The van der Waals surface area contributed by atoms with E-state index >= 15 is 0 Å². The fourth-order valence-electron chi connectivity index (χ4n) is 6.30. The Labute approximate surface area is 306 Å². The second kappa shape index (κ2) is 15.5. The van der Waals surface area contributed by atoms with Crippen molar-refractivity contribution < 1.29 is 13.2 Å². The summed E-state index contributed by atoms with van der Waals surface area (Å²) in [6.45, 7) is 9.58. The van der Waals surface area contributed by atoms with Gasteiger partial charge in [0, 0.05) is 18.5 Å². The first-order valence-corrected chi connectivity index (χ1v) is 19.4. The van der Waals surface area contributed by atoms with Crippen LogP contribution in [0.15, 0.2) is 125 Å². The summed E-state index contributed by atoms with van der Waals surface area (Å²) < 4.78 is 35.2. The molecular weight excluding hydrogens is 669 g/mol. The number of pyridine rings is 1. The van der Waals surface area contributed by atoms with E-state index in [-0.39, 0.29) is 21.8 Å². The molecule has 0 amide bonds. The number of rotatable bonds is 13. The normalized spacial score (nSPS) is 11.9. The van der Waals surface area contributed by atoms with E-state index in [0.29, 0.717) is 25.2 Å². The Kier molecular flexibility index (Phi) is 10.9. The van der Waals surface area contributed by atoms with Gasteiger partial charge in [-0.3, -0.25) is 9.55 Å². The highest BCUT2D eigenvalue weighted by Crippen LogP contribution is 2.26. The summed E-state index contributed by atoms with van der Waals surface area (Å²) in [5, 5.41) is 4.72. The maximum absolute atomic E-state index is 13.3. The van der Waals surface area contributed by atoms with Crippen molar-refractivity contribution in [3.63, 3.8) is 0 Å². The second-order valence-corrected chi connectivity index (χ2v) is 16.1. The molecule has 268 valence electrons. The summed E-state index contributed by atoms with van der Waals surface area (Å²) in [4.78, 5) is 18.1. The molecule has 0 aliphatic rings. The van der Waals surface area contributed by atoms with E-state index in [1.54, 1.807) is 34.6 Å². The molecule has 6 aromatic rings. The highest BCUT2D eigenvalue weighted by atomic mass is 32.2. The molecule has 8 nitrogen and oxygen atoms in total. The average Bonchev–Trinajstić information content (AvgIpc) is 3.44. The Morgan fingerprint density at radius 3 is 1.96 bits per heavy atom. The summed E-state index contributed by atoms with van der Waals surface area (Å²) >= 11 is 0. The maximum Gasteiger partial charge on any atom is 0.346 e. The highest BCUT2D eigenvalue weighted by molar-refractivity contribution is 7.90. The topological polar surface area (TPSA) is 96.1 Å². The van der Waals surface area contributed by atoms with Crippen LogP contribution in [0.5, 0.6) is 5.75 Å². The average molecular weight is 715 g/mol. The number of nitrogens with zero attached hydrogens (tertiary/aromatic N) is 4. The third-order valence-corrected chi connectivity index (χ3v) is 11.0. The van der Waals surface area contributed by atoms with Crippen LogP contribution in [0.2, 0.25) is 0 Å². The van der Waals surface area contributed by atoms with Gasteiger partial charge in [0.2, 0.25) is 0 Å². The smallest absolute Gasteiger partial charge is 0.346 e. The van der Waals surface area contributed by atoms with E-state index in [1.807, 2.05) is 67.6 Å². The van der Waals surface area contributed by atoms with Gasteiger partial charge in [0.05, 0.1) is 35.7 Å². The Balaban J connectivity index is 1.06. The fraction of sp³-hybridized carbons (Fsp3) is 0.279. The first-order chi connectivity index (χ1) is 24.9. The number of benzene rings is 4. The number of hydrogen-bond donors (Lipinski definition) is 0. The molecule has 0 bridgehead atoms. The zero-order valence-electron chi connectivity index (χ0n) is 30.5. The maximum atomic E-state index is 13.3. The minimum Gasteiger partial charge on any atom is -0.497 e. The second-order valence-electron chi connectivity index (χ2n) is 14.1. The Hall–Kier alpha value is -5.28. The van der Waals surface area contributed by atoms with Gasteiger partial charge in [-0.15, -0.1) is 0 Å². The van der Waals surface area contributed by atoms with Gasteiger partial charge in [-0.1, -0.05) is 99.6 Å². The van der Waals surface area contributed by atoms with Crippen molar-refractivity contribution in [3.05, 3.63) is 154 Å². The van der Waals surface area contributed by atoms with E-state index in [1.165, 1.54) is 11.1 Å². The van der Waals surface area contributed by atoms with Gasteiger partial charge in [-0.25, -0.2) is 17.9 Å². The zero-order chi connectivity index (χ0) is 36.9. The van der Waals surface area contributed by atoms with E-state index in [0.717, 1.165) is 52.4 Å². The number of sulfone groups is 1. The van der Waals surface area contributed by atoms with Crippen LogP contribution >= 0.6 is 0 Å². The van der Waals surface area contributed by atoms with Crippen LogP contribution in [-0.2, 0) is 46.9 Å². The van der Waals surface area contributed by atoms with Crippen molar-refractivity contribution in [2.24, 2.45) is 0 Å². The highest BCUT2D eigenvalue weighted by Gasteiger charge is 2.18. The van der Waals surface area contributed by atoms with Crippen molar-refractivity contribution in [2.45, 2.75) is 76.1 Å². The lowest BCUT2D eigenvalue weighted by molar-refractivity contribution is 0.415. The molecule has 4 aromatic carbocycles. The fourth-order valence-corrected chi connectivity index (χ4v) is 7.57. The van der Waals surface area contributed by atoms with Gasteiger partial charge in [0.25, 0.3) is 0 Å². The first-order valence-electron chi connectivity index (χ1n) is 17.7. The lowest BCUT2D eigenvalue weighted by Gasteiger charge is -2.19. The summed E-state index contributed by atoms with van der Waals surface area (Å²) in [5.41, 5.74) is 7.52. The molecule has 52 heavy (non-hydrogen) atoms. The SMILES string of the molecule is CCn1c(CCCc2ccc(-c3cccc(CS(=O)(=O)c4ccc(-c5ccc(OC)cc5)cc4)n3)cc2)nn(Cc2ccc(C(C)(C)C)cc2)c1=O. The molecule has 0 saturated carbocycles. The van der Waals surface area contributed by atoms with Gasteiger partial charge < -0.3 is 4.74 Å². The van der Waals surface area contributed by atoms with Crippen LogP contribution in [-0.4, -0.2) is 34.9 Å². The molecule has 2 heterocycles. The third-order valence-electron chi connectivity index (χ3n) is 9.36. The molecule has 0 saturated heterocycles. The van der Waals surface area contributed by atoms with E-state index in [2.05, 4.69) is 57.2 Å². The predicted octanol–water partition coefficient (Wildman–Crippen LogP) is 8.30. The minimum atomic E-state index is -3.60. The predicted molar refractivity (Wildman–Crippen MR) is 207 cm³/mol. The van der Waals surface area contributed by atoms with Crippen LogP contribution in [0.25, 0.3) is 22.4 Å². The van der Waals surface area contributed by atoms with Crippen molar-refractivity contribution in [1.82, 2.24) is 19.3 Å². The largest absolute Gasteiger partial charge is 0.497 e.